The molecule has 1 amide bonds. The van der Waals surface area contributed by atoms with E-state index in [2.05, 4.69) is 21.2 Å². The molecule has 0 atom stereocenters. The third-order valence-electron chi connectivity index (χ3n) is 5.72. The maximum atomic E-state index is 13.1. The molecule has 3 aromatic rings. The molecule has 5 rings (SSSR count). The zero-order chi connectivity index (χ0) is 22.8. The Labute approximate surface area is 201 Å². The van der Waals surface area contributed by atoms with Crippen molar-refractivity contribution in [1.82, 2.24) is 0 Å². The summed E-state index contributed by atoms with van der Waals surface area (Å²) in [6.45, 7) is 0.738. The summed E-state index contributed by atoms with van der Waals surface area (Å²) in [4.78, 5) is 16.1. The van der Waals surface area contributed by atoms with Gasteiger partial charge in [-0.3, -0.25) is 4.79 Å². The molecule has 170 valence electrons. The van der Waals surface area contributed by atoms with Crippen molar-refractivity contribution in [1.29, 1.82) is 0 Å². The van der Waals surface area contributed by atoms with Crippen LogP contribution in [0.15, 0.2) is 73.5 Å². The van der Waals surface area contributed by atoms with E-state index in [0.29, 0.717) is 29.2 Å². The van der Waals surface area contributed by atoms with E-state index in [-0.39, 0.29) is 10.8 Å². The number of amidine groups is 1. The van der Waals surface area contributed by atoms with Crippen LogP contribution in [0.25, 0.3) is 0 Å². The average molecular weight is 498 g/mol. The standard InChI is InChI=1S/C24H23N3O3S3/c28-24(25-19-6-3-4-7-21(19)32-16-17-11-13-31-15-17)18-9-10-20-22(14-18)33(29,30)26-23-8-2-1-5-12-27(20)23/h3-4,6-7,9-11,13-15H,1-2,5,8,12,16H2,(H,25,28). The monoisotopic (exact) mass is 497 g/mol. The fraction of sp³-hybridized carbons (Fsp3) is 0.250. The maximum absolute atomic E-state index is 13.1. The van der Waals surface area contributed by atoms with Crippen molar-refractivity contribution in [3.63, 3.8) is 0 Å². The molecule has 0 radical (unpaired) electrons. The second kappa shape index (κ2) is 9.32. The first-order valence-electron chi connectivity index (χ1n) is 10.8. The summed E-state index contributed by atoms with van der Waals surface area (Å²) >= 11 is 3.31. The van der Waals surface area contributed by atoms with Crippen LogP contribution in [0.4, 0.5) is 11.4 Å². The van der Waals surface area contributed by atoms with E-state index in [1.54, 1.807) is 35.2 Å². The lowest BCUT2D eigenvalue weighted by Gasteiger charge is -2.29. The highest BCUT2D eigenvalue weighted by Gasteiger charge is 2.32. The summed E-state index contributed by atoms with van der Waals surface area (Å²) in [6, 6.07) is 14.6. The largest absolute Gasteiger partial charge is 0.328 e. The molecule has 2 aliphatic rings. The molecule has 0 bridgehead atoms. The number of rotatable bonds is 5. The van der Waals surface area contributed by atoms with Gasteiger partial charge in [-0.15, -0.1) is 16.2 Å². The number of fused-ring (bicyclic) bond motifs is 3. The predicted molar refractivity (Wildman–Crippen MR) is 135 cm³/mol. The average Bonchev–Trinajstić information content (AvgIpc) is 3.23. The number of anilines is 2. The molecule has 1 N–H and O–H groups in total. The minimum atomic E-state index is -3.84. The Kier molecular flexibility index (Phi) is 6.27. The molecule has 33 heavy (non-hydrogen) atoms. The van der Waals surface area contributed by atoms with Crippen molar-refractivity contribution in [2.24, 2.45) is 4.40 Å². The van der Waals surface area contributed by atoms with Crippen LogP contribution < -0.4 is 10.2 Å². The summed E-state index contributed by atoms with van der Waals surface area (Å²) < 4.78 is 29.8. The molecule has 2 aliphatic heterocycles. The first-order chi connectivity index (χ1) is 16.0. The van der Waals surface area contributed by atoms with Crippen molar-refractivity contribution >= 4 is 56.2 Å². The van der Waals surface area contributed by atoms with Gasteiger partial charge in [-0.05, 0) is 65.6 Å². The molecular weight excluding hydrogens is 474 g/mol. The van der Waals surface area contributed by atoms with Gasteiger partial charge in [0.25, 0.3) is 15.9 Å². The number of carbonyl (C=O) groups is 1. The Morgan fingerprint density at radius 1 is 1.12 bits per heavy atom. The van der Waals surface area contributed by atoms with Gasteiger partial charge in [0, 0.05) is 29.2 Å². The smallest absolute Gasteiger partial charge is 0.286 e. The van der Waals surface area contributed by atoms with Crippen LogP contribution in [0.1, 0.15) is 41.6 Å². The van der Waals surface area contributed by atoms with Gasteiger partial charge in [0.15, 0.2) is 0 Å². The highest BCUT2D eigenvalue weighted by Crippen LogP contribution is 2.36. The zero-order valence-corrected chi connectivity index (χ0v) is 20.3. The van der Waals surface area contributed by atoms with Crippen LogP contribution in [-0.4, -0.2) is 26.7 Å². The van der Waals surface area contributed by atoms with Gasteiger partial charge in [-0.1, -0.05) is 18.6 Å². The maximum Gasteiger partial charge on any atom is 0.286 e. The van der Waals surface area contributed by atoms with Crippen LogP contribution in [0, 0.1) is 0 Å². The van der Waals surface area contributed by atoms with E-state index in [4.69, 9.17) is 0 Å². The zero-order valence-electron chi connectivity index (χ0n) is 17.9. The Balaban J connectivity index is 1.39. The number of nitrogens with one attached hydrogen (secondary N) is 1. The first-order valence-corrected chi connectivity index (χ1v) is 14.2. The van der Waals surface area contributed by atoms with Gasteiger partial charge in [0.05, 0.1) is 11.4 Å². The van der Waals surface area contributed by atoms with Gasteiger partial charge >= 0.3 is 0 Å². The van der Waals surface area contributed by atoms with Crippen LogP contribution in [0.2, 0.25) is 0 Å². The number of para-hydroxylation sites is 1. The van der Waals surface area contributed by atoms with Gasteiger partial charge in [0.1, 0.15) is 10.7 Å². The molecule has 0 spiro atoms. The number of benzene rings is 2. The van der Waals surface area contributed by atoms with Crippen molar-refractivity contribution in [3.8, 4) is 0 Å². The highest BCUT2D eigenvalue weighted by atomic mass is 32.2. The van der Waals surface area contributed by atoms with E-state index in [1.807, 2.05) is 34.5 Å². The molecule has 9 heteroatoms. The molecule has 0 aliphatic carbocycles. The third kappa shape index (κ3) is 4.71. The summed E-state index contributed by atoms with van der Waals surface area (Å²) in [5.41, 5.74) is 2.85. The SMILES string of the molecule is O=C(Nc1ccccc1SCc1ccsc1)c1ccc2c(c1)S(=O)(=O)N=C1CCCCCN12. The molecule has 1 saturated heterocycles. The lowest BCUT2D eigenvalue weighted by molar-refractivity contribution is 0.102. The number of hydrogen-bond donors (Lipinski definition) is 1. The fourth-order valence-corrected chi connectivity index (χ4v) is 7.06. The van der Waals surface area contributed by atoms with Crippen LogP contribution in [-0.2, 0) is 15.8 Å². The Morgan fingerprint density at radius 3 is 2.85 bits per heavy atom. The van der Waals surface area contributed by atoms with Gasteiger partial charge in [0.2, 0.25) is 0 Å². The number of amides is 1. The number of thiophene rings is 1. The number of carbonyl (C=O) groups excluding carboxylic acids is 1. The molecule has 0 saturated carbocycles. The second-order valence-corrected chi connectivity index (χ2v) is 11.4. The lowest BCUT2D eigenvalue weighted by Crippen LogP contribution is -2.35. The van der Waals surface area contributed by atoms with E-state index in [9.17, 15) is 13.2 Å². The van der Waals surface area contributed by atoms with E-state index < -0.39 is 10.0 Å². The van der Waals surface area contributed by atoms with E-state index in [0.717, 1.165) is 36.5 Å². The highest BCUT2D eigenvalue weighted by molar-refractivity contribution is 7.98. The van der Waals surface area contributed by atoms with Gasteiger partial charge < -0.3 is 10.2 Å². The van der Waals surface area contributed by atoms with Crippen molar-refractivity contribution in [2.45, 2.75) is 41.2 Å². The van der Waals surface area contributed by atoms with Crippen molar-refractivity contribution in [2.75, 3.05) is 16.8 Å². The molecular formula is C24H23N3O3S3. The molecule has 6 nitrogen and oxygen atoms in total. The number of sulfonamides is 1. The Bertz CT molecular complexity index is 1320. The van der Waals surface area contributed by atoms with E-state index >= 15 is 0 Å². The van der Waals surface area contributed by atoms with Gasteiger partial charge in [-0.2, -0.15) is 19.8 Å². The quantitative estimate of drug-likeness (QED) is 0.453. The van der Waals surface area contributed by atoms with Crippen molar-refractivity contribution in [3.05, 3.63) is 70.4 Å². The molecule has 0 unspecified atom stereocenters. The minimum Gasteiger partial charge on any atom is -0.328 e. The Morgan fingerprint density at radius 2 is 2.00 bits per heavy atom. The normalized spacial score (nSPS) is 16.8. The number of thioether (sulfide) groups is 1. The summed E-state index contributed by atoms with van der Waals surface area (Å²) in [6.07, 6.45) is 3.63. The predicted octanol–water partition coefficient (Wildman–Crippen LogP) is 5.77. The molecule has 3 heterocycles. The fourth-order valence-electron chi connectivity index (χ4n) is 4.05. The Hall–Kier alpha value is -2.62. The molecule has 2 aromatic carbocycles. The van der Waals surface area contributed by atoms with Crippen LogP contribution >= 0.6 is 23.1 Å². The molecule has 1 aromatic heterocycles. The minimum absolute atomic E-state index is 0.0981. The van der Waals surface area contributed by atoms with Gasteiger partial charge in [-0.25, -0.2) is 0 Å². The summed E-state index contributed by atoms with van der Waals surface area (Å²) in [5.74, 6) is 1.07. The topological polar surface area (TPSA) is 78.8 Å². The molecule has 1 fully saturated rings. The first kappa shape index (κ1) is 22.2. The summed E-state index contributed by atoms with van der Waals surface area (Å²) in [7, 11) is -3.84. The van der Waals surface area contributed by atoms with Crippen LogP contribution in [0.3, 0.4) is 0 Å². The number of nitrogens with zero attached hydrogens (tertiary/aromatic N) is 2. The van der Waals surface area contributed by atoms with Crippen LogP contribution in [0.5, 0.6) is 0 Å². The van der Waals surface area contributed by atoms with E-state index in [1.165, 1.54) is 11.6 Å². The lowest BCUT2D eigenvalue weighted by atomic mass is 10.1. The van der Waals surface area contributed by atoms with Crippen molar-refractivity contribution < 1.29 is 13.2 Å². The third-order valence-corrected chi connectivity index (χ3v) is 8.93. The summed E-state index contributed by atoms with van der Waals surface area (Å²) in [5, 5.41) is 7.12. The second-order valence-electron chi connectivity index (χ2n) is 8.00. The number of hydrogen-bond acceptors (Lipinski definition) is 6.